The average molecular weight is 211 g/mol. The Labute approximate surface area is 94.1 Å². The Hall–Kier alpha value is -2.29. The van der Waals surface area contributed by atoms with Crippen LogP contribution in [0.15, 0.2) is 54.6 Å². The Morgan fingerprint density at radius 3 is 1.94 bits per heavy atom. The predicted octanol–water partition coefficient (Wildman–Crippen LogP) is 2.91. The summed E-state index contributed by atoms with van der Waals surface area (Å²) in [4.78, 5) is 10.1. The number of anilines is 3. The molecule has 0 fully saturated rings. The van der Waals surface area contributed by atoms with E-state index >= 15 is 0 Å². The molecular weight excluding hydrogens is 200 g/mol. The second-order valence-electron chi connectivity index (χ2n) is 3.30. The molecule has 0 saturated heterocycles. The zero-order chi connectivity index (χ0) is 11.2. The van der Waals surface area contributed by atoms with Crippen LogP contribution in [0.4, 0.5) is 17.1 Å². The van der Waals surface area contributed by atoms with Crippen molar-refractivity contribution in [3.05, 3.63) is 54.6 Å². The molecular formula is C13H11N2O. The summed E-state index contributed by atoms with van der Waals surface area (Å²) < 4.78 is 0. The third kappa shape index (κ3) is 2.60. The molecule has 16 heavy (non-hydrogen) atoms. The summed E-state index contributed by atoms with van der Waals surface area (Å²) in [6.07, 6.45) is 1.63. The fourth-order valence-electron chi connectivity index (χ4n) is 1.38. The fraction of sp³-hybridized carbons (Fsp3) is 0. The number of hydrogen-bond acceptors (Lipinski definition) is 2. The highest BCUT2D eigenvalue weighted by Gasteiger charge is 1.94. The molecule has 0 bridgehead atoms. The summed E-state index contributed by atoms with van der Waals surface area (Å²) in [5, 5.41) is 5.71. The van der Waals surface area contributed by atoms with Gasteiger partial charge >= 0.3 is 6.41 Å². The maximum atomic E-state index is 10.1. The molecule has 0 atom stereocenters. The number of para-hydroxylation sites is 1. The fourth-order valence-corrected chi connectivity index (χ4v) is 1.38. The van der Waals surface area contributed by atoms with Gasteiger partial charge in [0, 0.05) is 17.1 Å². The van der Waals surface area contributed by atoms with E-state index in [4.69, 9.17) is 0 Å². The van der Waals surface area contributed by atoms with E-state index in [0.717, 1.165) is 17.1 Å². The van der Waals surface area contributed by atoms with Crippen LogP contribution in [-0.2, 0) is 4.79 Å². The largest absolute Gasteiger partial charge is 0.356 e. The number of benzene rings is 2. The van der Waals surface area contributed by atoms with Gasteiger partial charge in [0.2, 0.25) is 0 Å². The van der Waals surface area contributed by atoms with Crippen molar-refractivity contribution in [3.8, 4) is 0 Å². The maximum Gasteiger partial charge on any atom is 0.314 e. The van der Waals surface area contributed by atoms with E-state index in [0.29, 0.717) is 0 Å². The van der Waals surface area contributed by atoms with Gasteiger partial charge in [0.05, 0.1) is 0 Å². The molecule has 2 aromatic rings. The topological polar surface area (TPSA) is 41.1 Å². The highest BCUT2D eigenvalue weighted by Crippen LogP contribution is 2.18. The van der Waals surface area contributed by atoms with Crippen LogP contribution in [0.5, 0.6) is 0 Å². The van der Waals surface area contributed by atoms with Crippen LogP contribution in [0.25, 0.3) is 0 Å². The van der Waals surface area contributed by atoms with Gasteiger partial charge in [0.15, 0.2) is 0 Å². The lowest BCUT2D eigenvalue weighted by atomic mass is 10.2. The van der Waals surface area contributed by atoms with Crippen LogP contribution >= 0.6 is 0 Å². The van der Waals surface area contributed by atoms with Crippen molar-refractivity contribution in [2.45, 2.75) is 0 Å². The SMILES string of the molecule is O=[C]Nc1ccc(Nc2ccccc2)cc1. The van der Waals surface area contributed by atoms with Gasteiger partial charge < -0.3 is 10.6 Å². The standard InChI is InChI=1S/C13H11N2O/c16-10-14-11-6-8-13(9-7-11)15-12-4-2-1-3-5-12/h1-9,15H,(H,14,16). The minimum atomic E-state index is 0.730. The number of amides is 1. The van der Waals surface area contributed by atoms with Gasteiger partial charge in [-0.1, -0.05) is 18.2 Å². The second kappa shape index (κ2) is 4.98. The third-order valence-corrected chi connectivity index (χ3v) is 2.14. The first-order valence-corrected chi connectivity index (χ1v) is 4.94. The van der Waals surface area contributed by atoms with Gasteiger partial charge in [-0.2, -0.15) is 0 Å². The van der Waals surface area contributed by atoms with Crippen molar-refractivity contribution >= 4 is 23.5 Å². The van der Waals surface area contributed by atoms with Crippen molar-refractivity contribution in [2.75, 3.05) is 10.6 Å². The predicted molar refractivity (Wildman–Crippen MR) is 65.5 cm³/mol. The van der Waals surface area contributed by atoms with Gasteiger partial charge in [-0.15, -0.1) is 0 Å². The summed E-state index contributed by atoms with van der Waals surface area (Å²) in [5.74, 6) is 0. The molecule has 1 amide bonds. The first kappa shape index (κ1) is 10.2. The number of rotatable bonds is 4. The zero-order valence-electron chi connectivity index (χ0n) is 8.60. The lowest BCUT2D eigenvalue weighted by Crippen LogP contribution is -1.94. The Morgan fingerprint density at radius 2 is 1.31 bits per heavy atom. The second-order valence-corrected chi connectivity index (χ2v) is 3.30. The van der Waals surface area contributed by atoms with Gasteiger partial charge in [0.25, 0.3) is 0 Å². The van der Waals surface area contributed by atoms with E-state index in [-0.39, 0.29) is 0 Å². The molecule has 0 aliphatic carbocycles. The molecule has 3 heteroatoms. The molecule has 2 aromatic carbocycles. The molecule has 0 heterocycles. The molecule has 0 aromatic heterocycles. The lowest BCUT2D eigenvalue weighted by Gasteiger charge is -2.06. The van der Waals surface area contributed by atoms with Crippen molar-refractivity contribution in [1.82, 2.24) is 0 Å². The van der Waals surface area contributed by atoms with Crippen LogP contribution in [0.1, 0.15) is 0 Å². The zero-order valence-corrected chi connectivity index (χ0v) is 8.60. The highest BCUT2D eigenvalue weighted by atomic mass is 16.1. The minimum absolute atomic E-state index is 0.730. The quantitative estimate of drug-likeness (QED) is 0.763. The summed E-state index contributed by atoms with van der Waals surface area (Å²) in [5.41, 5.74) is 2.74. The number of carbonyl (C=O) groups excluding carboxylic acids is 1. The number of nitrogens with one attached hydrogen (secondary N) is 2. The molecule has 1 radical (unpaired) electrons. The summed E-state index contributed by atoms with van der Waals surface area (Å²) >= 11 is 0. The van der Waals surface area contributed by atoms with Gasteiger partial charge in [-0.25, -0.2) is 0 Å². The van der Waals surface area contributed by atoms with Crippen LogP contribution in [0.2, 0.25) is 0 Å². The lowest BCUT2D eigenvalue weighted by molar-refractivity contribution is 0.561. The van der Waals surface area contributed by atoms with Crippen molar-refractivity contribution in [1.29, 1.82) is 0 Å². The summed E-state index contributed by atoms with van der Waals surface area (Å²) in [6, 6.07) is 17.3. The molecule has 2 N–H and O–H groups in total. The van der Waals surface area contributed by atoms with E-state index in [1.165, 1.54) is 0 Å². The molecule has 0 aliphatic heterocycles. The van der Waals surface area contributed by atoms with Gasteiger partial charge in [-0.3, -0.25) is 4.79 Å². The Bertz CT molecular complexity index is 451. The van der Waals surface area contributed by atoms with E-state index in [1.54, 1.807) is 6.41 Å². The van der Waals surface area contributed by atoms with E-state index < -0.39 is 0 Å². The minimum Gasteiger partial charge on any atom is -0.356 e. The molecule has 0 spiro atoms. The molecule has 0 saturated carbocycles. The van der Waals surface area contributed by atoms with Gasteiger partial charge in [0.1, 0.15) is 0 Å². The van der Waals surface area contributed by atoms with Crippen LogP contribution in [0, 0.1) is 0 Å². The summed E-state index contributed by atoms with van der Waals surface area (Å²) in [7, 11) is 0. The van der Waals surface area contributed by atoms with E-state index in [9.17, 15) is 4.79 Å². The van der Waals surface area contributed by atoms with Crippen molar-refractivity contribution in [2.24, 2.45) is 0 Å². The van der Waals surface area contributed by atoms with Crippen molar-refractivity contribution < 1.29 is 4.79 Å². The normalized spacial score (nSPS) is 9.50. The highest BCUT2D eigenvalue weighted by molar-refractivity contribution is 5.73. The Kier molecular flexibility index (Phi) is 3.18. The third-order valence-electron chi connectivity index (χ3n) is 2.14. The smallest absolute Gasteiger partial charge is 0.314 e. The van der Waals surface area contributed by atoms with Crippen LogP contribution < -0.4 is 10.6 Å². The van der Waals surface area contributed by atoms with Crippen LogP contribution in [-0.4, -0.2) is 6.41 Å². The van der Waals surface area contributed by atoms with Crippen molar-refractivity contribution in [3.63, 3.8) is 0 Å². The average Bonchev–Trinajstić information content (AvgIpc) is 2.33. The molecule has 79 valence electrons. The van der Waals surface area contributed by atoms with E-state index in [2.05, 4.69) is 10.6 Å². The van der Waals surface area contributed by atoms with Gasteiger partial charge in [-0.05, 0) is 36.4 Å². The monoisotopic (exact) mass is 211 g/mol. The molecule has 2 rings (SSSR count). The Balaban J connectivity index is 2.08. The molecule has 0 unspecified atom stereocenters. The van der Waals surface area contributed by atoms with Crippen LogP contribution in [0.3, 0.4) is 0 Å². The van der Waals surface area contributed by atoms with E-state index in [1.807, 2.05) is 54.6 Å². The molecule has 3 nitrogen and oxygen atoms in total. The molecule has 0 aliphatic rings. The Morgan fingerprint density at radius 1 is 0.750 bits per heavy atom. The number of hydrogen-bond donors (Lipinski definition) is 2. The first-order chi connectivity index (χ1) is 7.88. The first-order valence-electron chi connectivity index (χ1n) is 4.94. The summed E-state index contributed by atoms with van der Waals surface area (Å²) in [6.45, 7) is 0. The maximum absolute atomic E-state index is 10.1.